The second-order valence-corrected chi connectivity index (χ2v) is 26.1. The van der Waals surface area contributed by atoms with E-state index in [1.54, 1.807) is 0 Å². The second-order valence-electron chi connectivity index (χ2n) is 21.8. The fourth-order valence-corrected chi connectivity index (χ4v) is 19.1. The summed E-state index contributed by atoms with van der Waals surface area (Å²) < 4.78 is 7.76. The molecule has 1 heterocycles. The fraction of sp³-hybridized carbons (Fsp3) is 0.706. The number of nitrogens with two attached hydrogens (primary N) is 2. The topological polar surface area (TPSA) is 148 Å². The van der Waals surface area contributed by atoms with Crippen LogP contribution in [0.25, 0.3) is 0 Å². The summed E-state index contributed by atoms with van der Waals surface area (Å²) in [4.78, 5) is 40.0. The molecule has 0 radical (unpaired) electrons. The van der Waals surface area contributed by atoms with Gasteiger partial charge in [0.25, 0.3) is 8.32 Å². The van der Waals surface area contributed by atoms with Gasteiger partial charge in [0.15, 0.2) is 0 Å². The molecule has 12 atom stereocenters. The van der Waals surface area contributed by atoms with Gasteiger partial charge < -0.3 is 31.2 Å². The van der Waals surface area contributed by atoms with Crippen molar-refractivity contribution in [2.75, 3.05) is 13.1 Å². The highest BCUT2D eigenvalue weighted by molar-refractivity contribution is 6.99. The number of carboxylic acids is 1. The SMILES string of the molecule is C[C@H](CCC(=O)N[C@H]1C[C@@H](C(=O)O)N(C(=O)C(N)CCCCN)C1)[C@H]1CCC2C3CCC4C[C@H](O[Si](c5ccccc5)(c5ccccc5)C(C)(C)C)CC[C@]4(C)C3CC[C@@]21C. The molecule has 2 aromatic rings. The maximum atomic E-state index is 13.4. The summed E-state index contributed by atoms with van der Waals surface area (Å²) in [6.45, 7) is 15.5. The molecule has 10 heteroatoms. The predicted octanol–water partition coefficient (Wildman–Crippen LogP) is 7.63. The summed E-state index contributed by atoms with van der Waals surface area (Å²) in [7, 11) is -2.61. The molecular weight excluding hydrogens is 777 g/mol. The number of nitrogens with zero attached hydrogens (tertiary/aromatic N) is 1. The highest BCUT2D eigenvalue weighted by Crippen LogP contribution is 2.68. The van der Waals surface area contributed by atoms with E-state index >= 15 is 0 Å². The number of benzene rings is 2. The number of carbonyl (C=O) groups excluding carboxylic acids is 2. The van der Waals surface area contributed by atoms with Crippen molar-refractivity contribution in [3.8, 4) is 0 Å². The summed E-state index contributed by atoms with van der Waals surface area (Å²) in [6, 6.07) is 20.2. The number of fused-ring (bicyclic) bond motifs is 5. The van der Waals surface area contributed by atoms with Gasteiger partial charge in [-0.3, -0.25) is 9.59 Å². The highest BCUT2D eigenvalue weighted by Gasteiger charge is 2.61. The van der Waals surface area contributed by atoms with Crippen molar-refractivity contribution in [2.45, 2.75) is 167 Å². The number of amides is 2. The van der Waals surface area contributed by atoms with Crippen molar-refractivity contribution in [3.05, 3.63) is 60.7 Å². The van der Waals surface area contributed by atoms with E-state index in [0.29, 0.717) is 48.0 Å². The second kappa shape index (κ2) is 18.6. The zero-order valence-corrected chi connectivity index (χ0v) is 39.2. The smallest absolute Gasteiger partial charge is 0.326 e. The maximum Gasteiger partial charge on any atom is 0.326 e. The lowest BCUT2D eigenvalue weighted by Gasteiger charge is -2.62. The summed E-state index contributed by atoms with van der Waals surface area (Å²) >= 11 is 0. The van der Waals surface area contributed by atoms with Gasteiger partial charge >= 0.3 is 5.97 Å². The lowest BCUT2D eigenvalue weighted by molar-refractivity contribution is -0.148. The van der Waals surface area contributed by atoms with Gasteiger partial charge in [-0.2, -0.15) is 0 Å². The van der Waals surface area contributed by atoms with Crippen LogP contribution in [0.2, 0.25) is 5.04 Å². The number of aliphatic carboxylic acids is 1. The number of nitrogens with one attached hydrogen (secondary N) is 1. The van der Waals surface area contributed by atoms with Gasteiger partial charge in [-0.15, -0.1) is 0 Å². The van der Waals surface area contributed by atoms with Crippen molar-refractivity contribution in [3.63, 3.8) is 0 Å². The first-order valence-electron chi connectivity index (χ1n) is 24.1. The standard InChI is InChI=1S/C51H78N4O5Si/c1-34(20-25-46(56)54-36-32-45(48(58)59)55(33-36)47(57)44(53)19-13-14-30-52)41-23-24-42-40-22-21-35-31-37(26-28-50(35,5)43(40)27-29-51(41,42)6)60-61(49(2,3)4,38-15-9-7-10-16-38)39-17-11-8-12-18-39/h7-12,15-18,34-37,40-45H,13-14,19-33,52-53H2,1-6H3,(H,54,56)(H,58,59)/t34-,35?,36+,37-,40?,41-,42?,43?,44?,45+,50+,51-/m1/s1. The normalized spacial score (nSPS) is 33.5. The molecular formula is C51H78N4O5Si. The maximum absolute atomic E-state index is 13.4. The van der Waals surface area contributed by atoms with E-state index in [-0.39, 0.29) is 42.0 Å². The molecule has 4 aliphatic carbocycles. The zero-order chi connectivity index (χ0) is 43.7. The molecule has 0 aromatic heterocycles. The third-order valence-corrected chi connectivity index (χ3v) is 22.6. The lowest BCUT2D eigenvalue weighted by atomic mass is 9.44. The van der Waals surface area contributed by atoms with Crippen LogP contribution < -0.4 is 27.2 Å². The number of hydrogen-bond acceptors (Lipinski definition) is 6. The number of carboxylic acid groups (broad SMARTS) is 1. The van der Waals surface area contributed by atoms with Gasteiger partial charge in [0.2, 0.25) is 11.8 Å². The first kappa shape index (κ1) is 46.0. The first-order chi connectivity index (χ1) is 29.0. The van der Waals surface area contributed by atoms with Crippen LogP contribution >= 0.6 is 0 Å². The molecule has 1 aliphatic heterocycles. The molecule has 5 aliphatic rings. The molecule has 7 rings (SSSR count). The zero-order valence-electron chi connectivity index (χ0n) is 38.2. The third-order valence-electron chi connectivity index (χ3n) is 17.5. The van der Waals surface area contributed by atoms with Crippen LogP contribution in [-0.4, -0.2) is 73.4 Å². The number of unbranched alkanes of at least 4 members (excludes halogenated alkanes) is 1. The van der Waals surface area contributed by atoms with Gasteiger partial charge in [-0.1, -0.05) is 109 Å². The molecule has 2 aromatic carbocycles. The van der Waals surface area contributed by atoms with Crippen LogP contribution in [0.3, 0.4) is 0 Å². The molecule has 9 nitrogen and oxygen atoms in total. The molecule has 5 fully saturated rings. The Morgan fingerprint density at radius 2 is 1.51 bits per heavy atom. The quantitative estimate of drug-likeness (QED) is 0.106. The Hall–Kier alpha value is -3.05. The Morgan fingerprint density at radius 1 is 0.869 bits per heavy atom. The number of likely N-dealkylation sites (tertiary alicyclic amines) is 1. The van der Waals surface area contributed by atoms with Gasteiger partial charge in [-0.05, 0) is 145 Å². The van der Waals surface area contributed by atoms with Crippen LogP contribution in [0.5, 0.6) is 0 Å². The van der Waals surface area contributed by atoms with E-state index in [1.807, 2.05) is 0 Å². The van der Waals surface area contributed by atoms with Crippen LogP contribution in [0.1, 0.15) is 138 Å². The van der Waals surface area contributed by atoms with Crippen LogP contribution in [0, 0.1) is 46.3 Å². The molecule has 0 bridgehead atoms. The molecule has 336 valence electrons. The van der Waals surface area contributed by atoms with E-state index in [4.69, 9.17) is 15.9 Å². The number of rotatable bonds is 15. The Balaban J connectivity index is 0.955. The fourth-order valence-electron chi connectivity index (χ4n) is 14.4. The highest BCUT2D eigenvalue weighted by atomic mass is 28.4. The van der Waals surface area contributed by atoms with E-state index in [9.17, 15) is 19.5 Å². The van der Waals surface area contributed by atoms with Crippen molar-refractivity contribution < 1.29 is 23.9 Å². The molecule has 4 saturated carbocycles. The van der Waals surface area contributed by atoms with Gasteiger partial charge in [0.1, 0.15) is 6.04 Å². The average Bonchev–Trinajstić information content (AvgIpc) is 3.83. The monoisotopic (exact) mass is 855 g/mol. The Labute approximate surface area is 368 Å². The average molecular weight is 855 g/mol. The summed E-state index contributed by atoms with van der Waals surface area (Å²) in [6.07, 6.45) is 15.0. The predicted molar refractivity (Wildman–Crippen MR) is 247 cm³/mol. The summed E-state index contributed by atoms with van der Waals surface area (Å²) in [5.74, 6) is 2.55. The number of hydrogen-bond donors (Lipinski definition) is 4. The molecule has 5 unspecified atom stereocenters. The number of carbonyl (C=O) groups is 3. The van der Waals surface area contributed by atoms with Crippen LogP contribution in [0.15, 0.2) is 60.7 Å². The van der Waals surface area contributed by atoms with Crippen LogP contribution in [0.4, 0.5) is 0 Å². The van der Waals surface area contributed by atoms with Gasteiger partial charge in [-0.25, -0.2) is 4.79 Å². The minimum atomic E-state index is -2.61. The molecule has 2 amide bonds. The minimum absolute atomic E-state index is 0.0215. The van der Waals surface area contributed by atoms with Gasteiger partial charge in [0.05, 0.1) is 6.04 Å². The van der Waals surface area contributed by atoms with Crippen molar-refractivity contribution in [1.29, 1.82) is 0 Å². The first-order valence-corrected chi connectivity index (χ1v) is 26.0. The Bertz CT molecular complexity index is 1780. The van der Waals surface area contributed by atoms with E-state index < -0.39 is 26.4 Å². The largest absolute Gasteiger partial charge is 0.480 e. The van der Waals surface area contributed by atoms with E-state index in [2.05, 4.69) is 108 Å². The summed E-state index contributed by atoms with van der Waals surface area (Å²) in [5.41, 5.74) is 12.4. The van der Waals surface area contributed by atoms with Crippen molar-refractivity contribution >= 4 is 36.5 Å². The Morgan fingerprint density at radius 3 is 2.13 bits per heavy atom. The van der Waals surface area contributed by atoms with E-state index in [1.165, 1.54) is 66.6 Å². The van der Waals surface area contributed by atoms with Crippen molar-refractivity contribution in [2.24, 2.45) is 57.8 Å². The summed E-state index contributed by atoms with van der Waals surface area (Å²) in [5, 5.41) is 15.7. The lowest BCUT2D eigenvalue weighted by Crippen LogP contribution is -2.68. The van der Waals surface area contributed by atoms with Gasteiger partial charge in [0, 0.05) is 31.5 Å². The van der Waals surface area contributed by atoms with Crippen LogP contribution in [-0.2, 0) is 18.8 Å². The molecule has 1 saturated heterocycles. The third kappa shape index (κ3) is 8.91. The van der Waals surface area contributed by atoms with Crippen molar-refractivity contribution in [1.82, 2.24) is 10.2 Å². The van der Waals surface area contributed by atoms with E-state index in [0.717, 1.165) is 43.4 Å². The minimum Gasteiger partial charge on any atom is -0.480 e. The Kier molecular flexibility index (Phi) is 14.0. The molecule has 6 N–H and O–H groups in total. The molecule has 0 spiro atoms. The molecule has 61 heavy (non-hydrogen) atoms.